The molecule has 7 nitrogen and oxygen atoms in total. The summed E-state index contributed by atoms with van der Waals surface area (Å²) in [5.41, 5.74) is 3.54. The van der Waals surface area contributed by atoms with Crippen molar-refractivity contribution in [3.05, 3.63) is 76.2 Å². The Morgan fingerprint density at radius 1 is 1.22 bits per heavy atom. The minimum absolute atomic E-state index is 0.0141. The second-order valence-corrected chi connectivity index (χ2v) is 6.54. The molecule has 7 heteroatoms. The number of benzene rings is 2. The zero-order chi connectivity index (χ0) is 18.8. The zero-order valence-electron chi connectivity index (χ0n) is 14.6. The number of amides is 1. The molecule has 0 saturated heterocycles. The van der Waals surface area contributed by atoms with E-state index in [2.05, 4.69) is 14.9 Å². The molecular formula is C20H18N4O3. The van der Waals surface area contributed by atoms with Gasteiger partial charge in [0.05, 0.1) is 23.2 Å². The van der Waals surface area contributed by atoms with Gasteiger partial charge in [-0.1, -0.05) is 24.3 Å². The lowest BCUT2D eigenvalue weighted by Crippen LogP contribution is -2.14. The van der Waals surface area contributed by atoms with Crippen molar-refractivity contribution >= 4 is 17.3 Å². The lowest BCUT2D eigenvalue weighted by molar-refractivity contribution is -0.384. The molecule has 1 aromatic heterocycles. The Kier molecular flexibility index (Phi) is 4.42. The van der Waals surface area contributed by atoms with Crippen molar-refractivity contribution in [1.29, 1.82) is 0 Å². The van der Waals surface area contributed by atoms with Crippen molar-refractivity contribution in [3.8, 4) is 11.3 Å². The van der Waals surface area contributed by atoms with E-state index in [0.29, 0.717) is 5.69 Å². The minimum Gasteiger partial charge on any atom is -0.328 e. The third kappa shape index (κ3) is 3.57. The number of nitrogens with zero attached hydrogens (tertiary/aromatic N) is 3. The fraction of sp³-hybridized carbons (Fsp3) is 0.200. The quantitative estimate of drug-likeness (QED) is 0.555. The van der Waals surface area contributed by atoms with Crippen LogP contribution in [0, 0.1) is 10.1 Å². The molecule has 0 fully saturated rings. The molecule has 0 unspecified atom stereocenters. The van der Waals surface area contributed by atoms with E-state index in [0.717, 1.165) is 42.0 Å². The molecule has 136 valence electrons. The zero-order valence-corrected chi connectivity index (χ0v) is 14.6. The van der Waals surface area contributed by atoms with Gasteiger partial charge in [-0.05, 0) is 24.1 Å². The molecule has 1 N–H and O–H groups in total. The Balaban J connectivity index is 1.46. The molecule has 1 aliphatic rings. The molecule has 0 atom stereocenters. The Morgan fingerprint density at radius 2 is 2.04 bits per heavy atom. The van der Waals surface area contributed by atoms with Gasteiger partial charge >= 0.3 is 0 Å². The van der Waals surface area contributed by atoms with E-state index in [1.165, 1.54) is 12.1 Å². The lowest BCUT2D eigenvalue weighted by Gasteiger charge is -2.09. The molecule has 3 aromatic rings. The SMILES string of the molecule is O=C(Cc1ccc([N+](=O)[O-])cc1)Nc1cccc(-c2cnc3n2CCC3)c1. The van der Waals surface area contributed by atoms with Crippen LogP contribution in [0.5, 0.6) is 0 Å². The minimum atomic E-state index is -0.456. The smallest absolute Gasteiger partial charge is 0.269 e. The lowest BCUT2D eigenvalue weighted by atomic mass is 10.1. The van der Waals surface area contributed by atoms with Gasteiger partial charge in [-0.3, -0.25) is 14.9 Å². The van der Waals surface area contributed by atoms with Crippen LogP contribution in [0.25, 0.3) is 11.3 Å². The monoisotopic (exact) mass is 362 g/mol. The Hall–Kier alpha value is -3.48. The van der Waals surface area contributed by atoms with Crippen LogP contribution in [0.15, 0.2) is 54.7 Å². The van der Waals surface area contributed by atoms with Crippen LogP contribution in [0.3, 0.4) is 0 Å². The topological polar surface area (TPSA) is 90.1 Å². The summed E-state index contributed by atoms with van der Waals surface area (Å²) in [4.78, 5) is 27.0. The van der Waals surface area contributed by atoms with Crippen LogP contribution in [0.2, 0.25) is 0 Å². The molecule has 0 aliphatic carbocycles. The van der Waals surface area contributed by atoms with Gasteiger partial charge in [-0.25, -0.2) is 4.98 Å². The van der Waals surface area contributed by atoms with E-state index in [4.69, 9.17) is 0 Å². The highest BCUT2D eigenvalue weighted by Gasteiger charge is 2.17. The maximum Gasteiger partial charge on any atom is 0.269 e. The normalized spacial score (nSPS) is 12.6. The third-order valence-corrected chi connectivity index (χ3v) is 4.67. The summed E-state index contributed by atoms with van der Waals surface area (Å²) < 4.78 is 2.22. The van der Waals surface area contributed by atoms with E-state index in [-0.39, 0.29) is 18.0 Å². The molecule has 27 heavy (non-hydrogen) atoms. The number of hydrogen-bond acceptors (Lipinski definition) is 4. The van der Waals surface area contributed by atoms with Crippen molar-refractivity contribution < 1.29 is 9.72 Å². The van der Waals surface area contributed by atoms with Crippen molar-refractivity contribution in [2.24, 2.45) is 0 Å². The molecule has 0 bridgehead atoms. The molecule has 0 radical (unpaired) electrons. The first-order valence-corrected chi connectivity index (χ1v) is 8.78. The summed E-state index contributed by atoms with van der Waals surface area (Å²) in [5, 5.41) is 13.6. The average Bonchev–Trinajstić information content (AvgIpc) is 3.25. The highest BCUT2D eigenvalue weighted by molar-refractivity contribution is 5.92. The second-order valence-electron chi connectivity index (χ2n) is 6.54. The average molecular weight is 362 g/mol. The highest BCUT2D eigenvalue weighted by atomic mass is 16.6. The van der Waals surface area contributed by atoms with Gasteiger partial charge < -0.3 is 9.88 Å². The molecule has 2 heterocycles. The number of aryl methyl sites for hydroxylation is 1. The number of carbonyl (C=O) groups excluding carboxylic acids is 1. The van der Waals surface area contributed by atoms with Gasteiger partial charge in [-0.15, -0.1) is 0 Å². The predicted molar refractivity (Wildman–Crippen MR) is 101 cm³/mol. The maximum atomic E-state index is 12.3. The van der Waals surface area contributed by atoms with E-state index in [1.54, 1.807) is 12.1 Å². The standard InChI is InChI=1S/C20H18N4O3/c25-20(11-14-6-8-17(9-7-14)24(26)27)22-16-4-1-3-15(12-16)18-13-21-19-5-2-10-23(18)19/h1,3-4,6-9,12-13H,2,5,10-11H2,(H,22,25). The summed E-state index contributed by atoms with van der Waals surface area (Å²) >= 11 is 0. The van der Waals surface area contributed by atoms with Gasteiger partial charge in [0, 0.05) is 36.3 Å². The molecule has 1 aliphatic heterocycles. The largest absolute Gasteiger partial charge is 0.328 e. The number of anilines is 1. The highest BCUT2D eigenvalue weighted by Crippen LogP contribution is 2.27. The van der Waals surface area contributed by atoms with E-state index in [1.807, 2.05) is 30.5 Å². The van der Waals surface area contributed by atoms with Crippen LogP contribution in [0.1, 0.15) is 17.8 Å². The van der Waals surface area contributed by atoms with Crippen LogP contribution < -0.4 is 5.32 Å². The number of rotatable bonds is 5. The van der Waals surface area contributed by atoms with Crippen LogP contribution in [-0.4, -0.2) is 20.4 Å². The Morgan fingerprint density at radius 3 is 2.81 bits per heavy atom. The van der Waals surface area contributed by atoms with Crippen molar-refractivity contribution in [3.63, 3.8) is 0 Å². The predicted octanol–water partition coefficient (Wildman–Crippen LogP) is 3.59. The number of fused-ring (bicyclic) bond motifs is 1. The van der Waals surface area contributed by atoms with Gasteiger partial charge in [0.2, 0.25) is 5.91 Å². The molecule has 4 rings (SSSR count). The molecule has 0 spiro atoms. The van der Waals surface area contributed by atoms with Crippen molar-refractivity contribution in [2.75, 3.05) is 5.32 Å². The first kappa shape index (κ1) is 17.0. The number of non-ortho nitro benzene ring substituents is 1. The molecule has 0 saturated carbocycles. The maximum absolute atomic E-state index is 12.3. The number of imidazole rings is 1. The summed E-state index contributed by atoms with van der Waals surface area (Å²) in [6, 6.07) is 13.7. The number of aromatic nitrogens is 2. The van der Waals surface area contributed by atoms with Crippen molar-refractivity contribution in [2.45, 2.75) is 25.8 Å². The first-order valence-electron chi connectivity index (χ1n) is 8.78. The van der Waals surface area contributed by atoms with E-state index in [9.17, 15) is 14.9 Å². The fourth-order valence-corrected chi connectivity index (χ4v) is 3.37. The van der Waals surface area contributed by atoms with Crippen LogP contribution >= 0.6 is 0 Å². The summed E-state index contributed by atoms with van der Waals surface area (Å²) in [7, 11) is 0. The van der Waals surface area contributed by atoms with Gasteiger partial charge in [-0.2, -0.15) is 0 Å². The molecular weight excluding hydrogens is 344 g/mol. The third-order valence-electron chi connectivity index (χ3n) is 4.67. The first-order chi connectivity index (χ1) is 13.1. The number of hydrogen-bond donors (Lipinski definition) is 1. The number of nitro benzene ring substituents is 1. The number of carbonyl (C=O) groups is 1. The Bertz CT molecular complexity index is 1010. The molecule has 1 amide bonds. The fourth-order valence-electron chi connectivity index (χ4n) is 3.37. The molecule has 2 aromatic carbocycles. The summed E-state index contributed by atoms with van der Waals surface area (Å²) in [5.74, 6) is 0.942. The second kappa shape index (κ2) is 7.03. The van der Waals surface area contributed by atoms with E-state index < -0.39 is 4.92 Å². The Labute approximate surface area is 155 Å². The van der Waals surface area contributed by atoms with Gasteiger partial charge in [0.25, 0.3) is 5.69 Å². The van der Waals surface area contributed by atoms with Gasteiger partial charge in [0.1, 0.15) is 5.82 Å². The summed E-state index contributed by atoms with van der Waals surface area (Å²) in [6.07, 6.45) is 4.16. The van der Waals surface area contributed by atoms with Crippen LogP contribution in [0.4, 0.5) is 11.4 Å². The number of nitrogens with one attached hydrogen (secondary N) is 1. The number of nitro groups is 1. The van der Waals surface area contributed by atoms with Gasteiger partial charge in [0.15, 0.2) is 0 Å². The summed E-state index contributed by atoms with van der Waals surface area (Å²) in [6.45, 7) is 0.974. The van der Waals surface area contributed by atoms with Crippen molar-refractivity contribution in [1.82, 2.24) is 9.55 Å². The van der Waals surface area contributed by atoms with E-state index >= 15 is 0 Å². The van der Waals surface area contributed by atoms with Crippen LogP contribution in [-0.2, 0) is 24.2 Å².